The van der Waals surface area contributed by atoms with E-state index < -0.39 is 12.7 Å². The van der Waals surface area contributed by atoms with Gasteiger partial charge in [-0.1, -0.05) is 24.2 Å². The van der Waals surface area contributed by atoms with Crippen LogP contribution in [0, 0.1) is 6.92 Å². The number of nitrogens with one attached hydrogen (secondary N) is 1. The van der Waals surface area contributed by atoms with Crippen LogP contribution >= 0.6 is 11.6 Å². The first-order valence-corrected chi connectivity index (χ1v) is 11.2. The van der Waals surface area contributed by atoms with Crippen molar-refractivity contribution in [3.05, 3.63) is 53.7 Å². The highest BCUT2D eigenvalue weighted by Gasteiger charge is 2.34. The molecule has 2 atom stereocenters. The van der Waals surface area contributed by atoms with Crippen LogP contribution in [0.3, 0.4) is 0 Å². The quantitative estimate of drug-likeness (QED) is 0.485. The Morgan fingerprint density at radius 3 is 2.76 bits per heavy atom. The van der Waals surface area contributed by atoms with Crippen molar-refractivity contribution < 1.29 is 18.7 Å². The molecule has 3 aromatic rings. The summed E-state index contributed by atoms with van der Waals surface area (Å²) in [5.41, 5.74) is 3.34. The molecule has 2 heterocycles. The number of nitrogens with zero attached hydrogens (tertiary/aromatic N) is 3. The van der Waals surface area contributed by atoms with Crippen molar-refractivity contribution >= 4 is 34.4 Å². The maximum absolute atomic E-state index is 13.4. The number of amides is 1. The Bertz CT molecular complexity index is 1220. The Hall–Kier alpha value is -3.39. The lowest BCUT2D eigenvalue weighted by atomic mass is 9.98. The highest BCUT2D eigenvalue weighted by atomic mass is 35.5. The fourth-order valence-corrected chi connectivity index (χ4v) is 4.78. The molecule has 34 heavy (non-hydrogen) atoms. The summed E-state index contributed by atoms with van der Waals surface area (Å²) in [6.45, 7) is 5.21. The summed E-state index contributed by atoms with van der Waals surface area (Å²) in [7, 11) is 3.17. The first-order chi connectivity index (χ1) is 16.4. The minimum Gasteiger partial charge on any atom is -0.496 e. The molecule has 0 spiro atoms. The van der Waals surface area contributed by atoms with Gasteiger partial charge in [0.15, 0.2) is 0 Å². The lowest BCUT2D eigenvalue weighted by Crippen LogP contribution is -2.36. The largest absolute Gasteiger partial charge is 0.496 e. The maximum Gasteiger partial charge on any atom is 0.246 e. The number of fused-ring (bicyclic) bond motifs is 1. The number of anilines is 1. The van der Waals surface area contributed by atoms with E-state index in [9.17, 15) is 9.18 Å². The van der Waals surface area contributed by atoms with Crippen LogP contribution in [0.4, 0.5) is 10.3 Å². The molecule has 1 amide bonds. The number of carbonyl (C=O) groups is 1. The summed E-state index contributed by atoms with van der Waals surface area (Å²) >= 11 is 6.63. The van der Waals surface area contributed by atoms with E-state index in [0.717, 1.165) is 27.6 Å². The predicted molar refractivity (Wildman–Crippen MR) is 132 cm³/mol. The molecule has 1 aliphatic heterocycles. The number of rotatable bonds is 7. The molecule has 7 nitrogen and oxygen atoms in total. The number of hydrogen-bond acceptors (Lipinski definition) is 6. The van der Waals surface area contributed by atoms with E-state index >= 15 is 0 Å². The van der Waals surface area contributed by atoms with Crippen molar-refractivity contribution in [2.75, 3.05) is 32.8 Å². The highest BCUT2D eigenvalue weighted by Crippen LogP contribution is 2.43. The number of halogens is 2. The fraction of sp³-hybridized carbons (Fsp3) is 0.320. The Balaban J connectivity index is 1.62. The van der Waals surface area contributed by atoms with Crippen molar-refractivity contribution in [1.29, 1.82) is 0 Å². The number of alkyl halides is 1. The minimum absolute atomic E-state index is 0.146. The highest BCUT2D eigenvalue weighted by molar-refractivity contribution is 6.35. The van der Waals surface area contributed by atoms with Gasteiger partial charge in [0.05, 0.1) is 30.8 Å². The summed E-state index contributed by atoms with van der Waals surface area (Å²) in [5, 5.41) is 4.56. The van der Waals surface area contributed by atoms with Gasteiger partial charge in [-0.3, -0.25) is 4.79 Å². The zero-order chi connectivity index (χ0) is 24.4. The molecule has 1 aromatic heterocycles. The van der Waals surface area contributed by atoms with Gasteiger partial charge in [0.1, 0.15) is 18.2 Å². The molecule has 4 rings (SSSR count). The minimum atomic E-state index is -0.601. The lowest BCUT2D eigenvalue weighted by molar-refractivity contribution is -0.127. The number of aromatic nitrogens is 2. The summed E-state index contributed by atoms with van der Waals surface area (Å²) < 4.78 is 24.3. The molecule has 1 N–H and O–H groups in total. The van der Waals surface area contributed by atoms with Gasteiger partial charge in [-0.05, 0) is 37.1 Å². The van der Waals surface area contributed by atoms with Gasteiger partial charge in [0.25, 0.3) is 0 Å². The number of hydrogen-bond donors (Lipinski definition) is 1. The van der Waals surface area contributed by atoms with E-state index in [4.69, 9.17) is 21.1 Å². The smallest absolute Gasteiger partial charge is 0.246 e. The Kier molecular flexibility index (Phi) is 6.88. The predicted octanol–water partition coefficient (Wildman–Crippen LogP) is 4.81. The molecule has 2 unspecified atom stereocenters. The Labute approximate surface area is 202 Å². The van der Waals surface area contributed by atoms with Gasteiger partial charge in [0, 0.05) is 41.4 Å². The molecule has 9 heteroatoms. The number of carbonyl (C=O) groups excluding carboxylic acids is 1. The van der Waals surface area contributed by atoms with Gasteiger partial charge in [-0.2, -0.15) is 0 Å². The standard InChI is InChI=1S/C25H26ClFN4O3/c1-5-22(32)31-13-17(9-18(31)11-27)29-25-28-12-16-8-15(6-7-19(16)30-25)23-14(2)20(33-3)10-21(34-4)24(23)26/h5-8,10,12,17-18H,1,9,11,13H2,2-4H3,(H,28,29,30). The van der Waals surface area contributed by atoms with Crippen molar-refractivity contribution in [2.45, 2.75) is 25.4 Å². The van der Waals surface area contributed by atoms with Crippen molar-refractivity contribution in [3.8, 4) is 22.6 Å². The van der Waals surface area contributed by atoms with E-state index in [2.05, 4.69) is 21.9 Å². The summed E-state index contributed by atoms with van der Waals surface area (Å²) in [5.74, 6) is 1.36. The van der Waals surface area contributed by atoms with Crippen LogP contribution in [0.15, 0.2) is 43.1 Å². The van der Waals surface area contributed by atoms with Crippen LogP contribution in [0.2, 0.25) is 5.02 Å². The van der Waals surface area contributed by atoms with Crippen LogP contribution < -0.4 is 14.8 Å². The Morgan fingerprint density at radius 1 is 1.32 bits per heavy atom. The average molecular weight is 485 g/mol. The molecule has 1 fully saturated rings. The molecule has 0 aliphatic carbocycles. The Morgan fingerprint density at radius 2 is 2.09 bits per heavy atom. The molecule has 1 aliphatic rings. The number of methoxy groups -OCH3 is 2. The normalized spacial score (nSPS) is 17.6. The number of likely N-dealkylation sites (tertiary alicyclic amines) is 1. The first-order valence-electron chi connectivity index (χ1n) is 10.8. The third kappa shape index (κ3) is 4.37. The average Bonchev–Trinajstić information content (AvgIpc) is 3.26. The van der Waals surface area contributed by atoms with E-state index in [0.29, 0.717) is 35.4 Å². The van der Waals surface area contributed by atoms with E-state index in [-0.39, 0.29) is 11.9 Å². The van der Waals surface area contributed by atoms with Gasteiger partial charge >= 0.3 is 0 Å². The van der Waals surface area contributed by atoms with E-state index in [1.807, 2.05) is 25.1 Å². The first kappa shape index (κ1) is 23.8. The second-order valence-electron chi connectivity index (χ2n) is 8.14. The monoisotopic (exact) mass is 484 g/mol. The lowest BCUT2D eigenvalue weighted by Gasteiger charge is -2.20. The third-order valence-electron chi connectivity index (χ3n) is 6.13. The van der Waals surface area contributed by atoms with Crippen LogP contribution in [-0.4, -0.2) is 60.3 Å². The SMILES string of the molecule is C=CC(=O)N1CC(Nc2ncc3cc(-c4c(C)c(OC)cc(OC)c4Cl)ccc3n2)CC1CF. The molecule has 2 aromatic carbocycles. The zero-order valence-corrected chi connectivity index (χ0v) is 20.0. The molecule has 0 saturated carbocycles. The van der Waals surface area contributed by atoms with Crippen LogP contribution in [0.1, 0.15) is 12.0 Å². The van der Waals surface area contributed by atoms with Gasteiger partial charge in [-0.25, -0.2) is 14.4 Å². The molecule has 178 valence electrons. The van der Waals surface area contributed by atoms with Crippen molar-refractivity contribution in [1.82, 2.24) is 14.9 Å². The number of benzene rings is 2. The van der Waals surface area contributed by atoms with Crippen LogP contribution in [-0.2, 0) is 4.79 Å². The van der Waals surface area contributed by atoms with Gasteiger partial charge in [-0.15, -0.1) is 0 Å². The molecule has 0 bridgehead atoms. The number of ether oxygens (including phenoxy) is 2. The summed E-state index contributed by atoms with van der Waals surface area (Å²) in [6, 6.07) is 6.94. The van der Waals surface area contributed by atoms with Crippen molar-refractivity contribution in [2.24, 2.45) is 0 Å². The fourth-order valence-electron chi connectivity index (χ4n) is 4.40. The van der Waals surface area contributed by atoms with Crippen molar-refractivity contribution in [3.63, 3.8) is 0 Å². The van der Waals surface area contributed by atoms with Crippen LogP contribution in [0.5, 0.6) is 11.5 Å². The summed E-state index contributed by atoms with van der Waals surface area (Å²) in [6.07, 6.45) is 3.41. The second kappa shape index (κ2) is 9.85. The molecular formula is C25H26ClFN4O3. The van der Waals surface area contributed by atoms with E-state index in [1.165, 1.54) is 11.0 Å². The second-order valence-corrected chi connectivity index (χ2v) is 8.52. The van der Waals surface area contributed by atoms with Gasteiger partial charge in [0.2, 0.25) is 11.9 Å². The molecule has 1 saturated heterocycles. The maximum atomic E-state index is 13.4. The van der Waals surface area contributed by atoms with Crippen LogP contribution in [0.25, 0.3) is 22.0 Å². The summed E-state index contributed by atoms with van der Waals surface area (Å²) in [4.78, 5) is 22.5. The molecule has 0 radical (unpaired) electrons. The third-order valence-corrected chi connectivity index (χ3v) is 6.51. The molecular weight excluding hydrogens is 459 g/mol. The topological polar surface area (TPSA) is 76.6 Å². The van der Waals surface area contributed by atoms with E-state index in [1.54, 1.807) is 26.5 Å². The zero-order valence-electron chi connectivity index (χ0n) is 19.3. The van der Waals surface area contributed by atoms with Gasteiger partial charge < -0.3 is 19.7 Å².